The van der Waals surface area contributed by atoms with Crippen LogP contribution in [0.5, 0.6) is 0 Å². The zero-order valence-corrected chi connectivity index (χ0v) is 10.9. The molecule has 1 N–H and O–H groups in total. The molecule has 3 nitrogen and oxygen atoms in total. The minimum absolute atomic E-state index is 0.601. The van der Waals surface area contributed by atoms with Crippen molar-refractivity contribution in [2.24, 2.45) is 11.8 Å². The van der Waals surface area contributed by atoms with Crippen molar-refractivity contribution in [2.45, 2.75) is 6.42 Å². The minimum atomic E-state index is 0.601. The van der Waals surface area contributed by atoms with Crippen LogP contribution in [-0.4, -0.2) is 18.1 Å². The van der Waals surface area contributed by atoms with Crippen molar-refractivity contribution in [3.8, 4) is 6.07 Å². The molecule has 1 saturated heterocycles. The van der Waals surface area contributed by atoms with Gasteiger partial charge in [-0.1, -0.05) is 6.08 Å². The van der Waals surface area contributed by atoms with E-state index in [0.717, 1.165) is 31.0 Å². The number of nitriles is 1. The van der Waals surface area contributed by atoms with Gasteiger partial charge in [0.05, 0.1) is 5.56 Å². The molecule has 0 spiro atoms. The number of hydrogen-bond acceptors (Lipinski definition) is 3. The SMILES string of the molecule is N#Cc1cc(C2=CCC3CNCC23)cnc1Br. The van der Waals surface area contributed by atoms with E-state index in [1.807, 2.05) is 12.3 Å². The lowest BCUT2D eigenvalue weighted by Crippen LogP contribution is -2.10. The molecule has 0 amide bonds. The Bertz CT molecular complexity index is 530. The average molecular weight is 290 g/mol. The summed E-state index contributed by atoms with van der Waals surface area (Å²) >= 11 is 3.29. The van der Waals surface area contributed by atoms with E-state index < -0.39 is 0 Å². The van der Waals surface area contributed by atoms with Gasteiger partial charge < -0.3 is 5.32 Å². The molecule has 1 fully saturated rings. The van der Waals surface area contributed by atoms with E-state index in [9.17, 15) is 0 Å². The molecule has 2 unspecified atom stereocenters. The number of aromatic nitrogens is 1. The molecule has 1 aromatic rings. The topological polar surface area (TPSA) is 48.7 Å². The lowest BCUT2D eigenvalue weighted by molar-refractivity contribution is 0.542. The summed E-state index contributed by atoms with van der Waals surface area (Å²) in [4.78, 5) is 4.24. The molecule has 1 aliphatic heterocycles. The van der Waals surface area contributed by atoms with Crippen molar-refractivity contribution in [1.29, 1.82) is 5.26 Å². The quantitative estimate of drug-likeness (QED) is 0.808. The summed E-state index contributed by atoms with van der Waals surface area (Å²) in [6.45, 7) is 2.16. The molecule has 2 aliphatic rings. The van der Waals surface area contributed by atoms with Crippen LogP contribution in [0.1, 0.15) is 17.5 Å². The van der Waals surface area contributed by atoms with Crippen molar-refractivity contribution in [2.75, 3.05) is 13.1 Å². The third-order valence-corrected chi connectivity index (χ3v) is 4.30. The van der Waals surface area contributed by atoms with E-state index in [1.54, 1.807) is 0 Å². The predicted molar refractivity (Wildman–Crippen MR) is 69.1 cm³/mol. The highest BCUT2D eigenvalue weighted by molar-refractivity contribution is 9.10. The fraction of sp³-hybridized carbons (Fsp3) is 0.385. The number of nitrogens with one attached hydrogen (secondary N) is 1. The highest BCUT2D eigenvalue weighted by atomic mass is 79.9. The fourth-order valence-corrected chi connectivity index (χ4v) is 3.10. The highest BCUT2D eigenvalue weighted by Crippen LogP contribution is 2.40. The standard InChI is InChI=1S/C13H12BrN3/c14-13-9(4-15)3-10(6-17-13)11-2-1-8-5-16-7-12(8)11/h2-3,6,8,12,16H,1,5,7H2. The van der Waals surface area contributed by atoms with Gasteiger partial charge in [0.1, 0.15) is 10.7 Å². The summed E-state index contributed by atoms with van der Waals surface area (Å²) in [5.74, 6) is 1.34. The van der Waals surface area contributed by atoms with Gasteiger partial charge in [-0.25, -0.2) is 4.98 Å². The number of hydrogen-bond donors (Lipinski definition) is 1. The number of rotatable bonds is 1. The minimum Gasteiger partial charge on any atom is -0.316 e. The lowest BCUT2D eigenvalue weighted by Gasteiger charge is -2.13. The normalized spacial score (nSPS) is 26.5. The molecule has 0 radical (unpaired) electrons. The number of allylic oxidation sites excluding steroid dienone is 1. The summed E-state index contributed by atoms with van der Waals surface area (Å²) in [6.07, 6.45) is 5.31. The zero-order valence-electron chi connectivity index (χ0n) is 9.28. The van der Waals surface area contributed by atoms with Crippen LogP contribution in [-0.2, 0) is 0 Å². The van der Waals surface area contributed by atoms with Crippen LogP contribution in [0.4, 0.5) is 0 Å². The van der Waals surface area contributed by atoms with Gasteiger partial charge >= 0.3 is 0 Å². The maximum absolute atomic E-state index is 9.02. The van der Waals surface area contributed by atoms with Gasteiger partial charge in [0, 0.05) is 18.7 Å². The summed E-state index contributed by atoms with van der Waals surface area (Å²) in [5, 5.41) is 12.4. The van der Waals surface area contributed by atoms with Crippen LogP contribution in [0.25, 0.3) is 5.57 Å². The molecule has 17 heavy (non-hydrogen) atoms. The Morgan fingerprint density at radius 2 is 2.35 bits per heavy atom. The van der Waals surface area contributed by atoms with Crippen LogP contribution in [0.3, 0.4) is 0 Å². The Balaban J connectivity index is 1.98. The first-order valence-corrected chi connectivity index (χ1v) is 6.55. The van der Waals surface area contributed by atoms with Crippen molar-refractivity contribution < 1.29 is 0 Å². The number of halogens is 1. The summed E-state index contributed by atoms with van der Waals surface area (Å²) in [5.41, 5.74) is 3.07. The maximum Gasteiger partial charge on any atom is 0.123 e. The second-order valence-electron chi connectivity index (χ2n) is 4.59. The molecule has 3 rings (SSSR count). The second-order valence-corrected chi connectivity index (χ2v) is 5.35. The first kappa shape index (κ1) is 10.9. The van der Waals surface area contributed by atoms with E-state index in [4.69, 9.17) is 5.26 Å². The molecule has 2 heterocycles. The number of nitrogens with zero attached hydrogens (tertiary/aromatic N) is 2. The first-order valence-electron chi connectivity index (χ1n) is 5.76. The smallest absolute Gasteiger partial charge is 0.123 e. The number of pyridine rings is 1. The van der Waals surface area contributed by atoms with Gasteiger partial charge in [-0.3, -0.25) is 0 Å². The van der Waals surface area contributed by atoms with E-state index in [-0.39, 0.29) is 0 Å². The van der Waals surface area contributed by atoms with Crippen LogP contribution in [0, 0.1) is 23.2 Å². The van der Waals surface area contributed by atoms with E-state index >= 15 is 0 Å². The predicted octanol–water partition coefficient (Wildman–Crippen LogP) is 2.34. The largest absolute Gasteiger partial charge is 0.316 e. The van der Waals surface area contributed by atoms with Crippen LogP contribution < -0.4 is 5.32 Å². The molecular formula is C13H12BrN3. The first-order chi connectivity index (χ1) is 8.29. The van der Waals surface area contributed by atoms with Crippen LogP contribution >= 0.6 is 15.9 Å². The molecule has 2 atom stereocenters. The monoisotopic (exact) mass is 289 g/mol. The molecule has 0 aromatic carbocycles. The zero-order chi connectivity index (χ0) is 11.8. The van der Waals surface area contributed by atoms with E-state index in [1.165, 1.54) is 5.57 Å². The van der Waals surface area contributed by atoms with E-state index in [2.05, 4.69) is 38.4 Å². The Morgan fingerprint density at radius 1 is 1.47 bits per heavy atom. The molecule has 86 valence electrons. The van der Waals surface area contributed by atoms with Crippen molar-refractivity contribution in [3.05, 3.63) is 34.1 Å². The van der Waals surface area contributed by atoms with Crippen molar-refractivity contribution in [1.82, 2.24) is 10.3 Å². The van der Waals surface area contributed by atoms with Crippen LogP contribution in [0.2, 0.25) is 0 Å². The van der Waals surface area contributed by atoms with Gasteiger partial charge in [-0.05, 0) is 52.0 Å². The Labute approximate surface area is 109 Å². The van der Waals surface area contributed by atoms with E-state index in [0.29, 0.717) is 16.1 Å². The Morgan fingerprint density at radius 3 is 3.18 bits per heavy atom. The molecule has 1 aliphatic carbocycles. The molecular weight excluding hydrogens is 278 g/mol. The molecule has 1 aromatic heterocycles. The maximum atomic E-state index is 9.02. The number of fused-ring (bicyclic) bond motifs is 1. The van der Waals surface area contributed by atoms with Crippen molar-refractivity contribution in [3.63, 3.8) is 0 Å². The molecule has 4 heteroatoms. The Hall–Kier alpha value is -1.18. The summed E-state index contributed by atoms with van der Waals surface area (Å²) in [6, 6.07) is 4.10. The third-order valence-electron chi connectivity index (χ3n) is 3.67. The average Bonchev–Trinajstić information content (AvgIpc) is 2.92. The van der Waals surface area contributed by atoms with Gasteiger partial charge in [0.15, 0.2) is 0 Å². The Kier molecular flexibility index (Phi) is 2.73. The van der Waals surface area contributed by atoms with Gasteiger partial charge in [-0.15, -0.1) is 0 Å². The molecule has 0 bridgehead atoms. The lowest BCUT2D eigenvalue weighted by atomic mass is 9.91. The fourth-order valence-electron chi connectivity index (χ4n) is 2.79. The molecule has 0 saturated carbocycles. The highest BCUT2D eigenvalue weighted by Gasteiger charge is 2.34. The van der Waals surface area contributed by atoms with Crippen LogP contribution in [0.15, 0.2) is 22.9 Å². The summed E-state index contributed by atoms with van der Waals surface area (Å²) in [7, 11) is 0. The third kappa shape index (κ3) is 1.80. The van der Waals surface area contributed by atoms with Gasteiger partial charge in [0.2, 0.25) is 0 Å². The van der Waals surface area contributed by atoms with Crippen molar-refractivity contribution >= 4 is 21.5 Å². The van der Waals surface area contributed by atoms with Gasteiger partial charge in [-0.2, -0.15) is 5.26 Å². The second kappa shape index (κ2) is 4.25. The van der Waals surface area contributed by atoms with Gasteiger partial charge in [0.25, 0.3) is 0 Å². The summed E-state index contributed by atoms with van der Waals surface area (Å²) < 4.78 is 0.628.